The normalized spacial score (nSPS) is 31.0. The summed E-state index contributed by atoms with van der Waals surface area (Å²) in [5.74, 6) is 0.871. The van der Waals surface area contributed by atoms with Crippen molar-refractivity contribution in [2.75, 3.05) is 39.9 Å². The van der Waals surface area contributed by atoms with Gasteiger partial charge in [-0.3, -0.25) is 4.90 Å². The first-order chi connectivity index (χ1) is 5.86. The largest absolute Gasteiger partial charge is 0.378 e. The number of ether oxygens (including phenoxy) is 1. The molecule has 12 heavy (non-hydrogen) atoms. The molecule has 2 aliphatic heterocycles. The molecular formula is C9H18N2O. The van der Waals surface area contributed by atoms with Crippen molar-refractivity contribution >= 4 is 0 Å². The van der Waals surface area contributed by atoms with Gasteiger partial charge in [-0.25, -0.2) is 0 Å². The van der Waals surface area contributed by atoms with Crippen LogP contribution in [0.1, 0.15) is 6.42 Å². The molecular weight excluding hydrogens is 152 g/mol. The molecule has 1 N–H and O–H groups in total. The van der Waals surface area contributed by atoms with Crippen LogP contribution in [0.25, 0.3) is 0 Å². The Balaban J connectivity index is 1.69. The first-order valence-electron chi connectivity index (χ1n) is 4.85. The molecule has 0 bridgehead atoms. The summed E-state index contributed by atoms with van der Waals surface area (Å²) in [5, 5.41) is 3.39. The van der Waals surface area contributed by atoms with Gasteiger partial charge in [-0.2, -0.15) is 0 Å². The molecule has 0 aromatic heterocycles. The van der Waals surface area contributed by atoms with E-state index in [1.807, 2.05) is 0 Å². The fourth-order valence-electron chi connectivity index (χ4n) is 1.90. The lowest BCUT2D eigenvalue weighted by Crippen LogP contribution is -2.48. The molecule has 1 atom stereocenters. The first kappa shape index (κ1) is 8.48. The second kappa shape index (κ2) is 3.73. The molecule has 1 unspecified atom stereocenters. The summed E-state index contributed by atoms with van der Waals surface area (Å²) in [7, 11) is 2.21. The van der Waals surface area contributed by atoms with Gasteiger partial charge in [-0.05, 0) is 32.5 Å². The molecule has 3 nitrogen and oxygen atoms in total. The van der Waals surface area contributed by atoms with Gasteiger partial charge < -0.3 is 10.1 Å². The zero-order chi connectivity index (χ0) is 8.39. The van der Waals surface area contributed by atoms with E-state index in [2.05, 4.69) is 17.3 Å². The summed E-state index contributed by atoms with van der Waals surface area (Å²) in [6.45, 7) is 5.53. The molecule has 70 valence electrons. The fraction of sp³-hybridized carbons (Fsp3) is 1.00. The highest BCUT2D eigenvalue weighted by Crippen LogP contribution is 2.14. The van der Waals surface area contributed by atoms with Crippen molar-refractivity contribution in [1.29, 1.82) is 0 Å². The predicted octanol–water partition coefficient (Wildman–Crippen LogP) is -0.0735. The Morgan fingerprint density at radius 3 is 2.83 bits per heavy atom. The number of hydrogen-bond donors (Lipinski definition) is 1. The van der Waals surface area contributed by atoms with Crippen molar-refractivity contribution < 1.29 is 4.74 Å². The highest BCUT2D eigenvalue weighted by Gasteiger charge is 2.25. The van der Waals surface area contributed by atoms with Gasteiger partial charge in [0, 0.05) is 6.54 Å². The van der Waals surface area contributed by atoms with Crippen molar-refractivity contribution in [2.24, 2.45) is 5.92 Å². The van der Waals surface area contributed by atoms with Crippen molar-refractivity contribution in [1.82, 2.24) is 10.2 Å². The Hall–Kier alpha value is -0.120. The third-order valence-corrected chi connectivity index (χ3v) is 2.95. The maximum Gasteiger partial charge on any atom is 0.0645 e. The molecule has 2 saturated heterocycles. The zero-order valence-electron chi connectivity index (χ0n) is 7.75. The van der Waals surface area contributed by atoms with Crippen LogP contribution in [-0.2, 0) is 4.74 Å². The Morgan fingerprint density at radius 2 is 2.33 bits per heavy atom. The molecule has 0 aromatic rings. The van der Waals surface area contributed by atoms with E-state index in [-0.39, 0.29) is 0 Å². The van der Waals surface area contributed by atoms with Gasteiger partial charge in [0.25, 0.3) is 0 Å². The van der Waals surface area contributed by atoms with Gasteiger partial charge in [0.1, 0.15) is 0 Å². The molecule has 0 radical (unpaired) electrons. The standard InChI is InChI=1S/C9H18N2O/c1-11(9-6-12-7-9)5-8-2-3-10-4-8/h8-10H,2-7H2,1H3. The summed E-state index contributed by atoms with van der Waals surface area (Å²) in [6, 6.07) is 0.700. The van der Waals surface area contributed by atoms with E-state index >= 15 is 0 Å². The summed E-state index contributed by atoms with van der Waals surface area (Å²) < 4.78 is 5.16. The van der Waals surface area contributed by atoms with Crippen LogP contribution < -0.4 is 5.32 Å². The third-order valence-electron chi connectivity index (χ3n) is 2.95. The number of hydrogen-bond acceptors (Lipinski definition) is 3. The highest BCUT2D eigenvalue weighted by molar-refractivity contribution is 4.80. The van der Waals surface area contributed by atoms with Gasteiger partial charge in [-0.15, -0.1) is 0 Å². The van der Waals surface area contributed by atoms with E-state index in [0.29, 0.717) is 6.04 Å². The minimum atomic E-state index is 0.700. The quantitative estimate of drug-likeness (QED) is 0.641. The summed E-state index contributed by atoms with van der Waals surface area (Å²) in [6.07, 6.45) is 1.35. The molecule has 0 aliphatic carbocycles. The molecule has 3 heteroatoms. The van der Waals surface area contributed by atoms with Gasteiger partial charge in [-0.1, -0.05) is 0 Å². The lowest BCUT2D eigenvalue weighted by atomic mass is 10.1. The molecule has 2 aliphatic rings. The predicted molar refractivity (Wildman–Crippen MR) is 48.2 cm³/mol. The lowest BCUT2D eigenvalue weighted by molar-refractivity contribution is -0.0591. The summed E-state index contributed by atoms with van der Waals surface area (Å²) in [4.78, 5) is 2.45. The van der Waals surface area contributed by atoms with Crippen LogP contribution in [0, 0.1) is 5.92 Å². The second-order valence-electron chi connectivity index (χ2n) is 3.99. The van der Waals surface area contributed by atoms with E-state index in [1.54, 1.807) is 0 Å². The number of rotatable bonds is 3. The smallest absolute Gasteiger partial charge is 0.0645 e. The lowest BCUT2D eigenvalue weighted by Gasteiger charge is -2.35. The van der Waals surface area contributed by atoms with E-state index < -0.39 is 0 Å². The zero-order valence-corrected chi connectivity index (χ0v) is 7.75. The average Bonchev–Trinajstić information content (AvgIpc) is 2.34. The number of nitrogens with one attached hydrogen (secondary N) is 1. The number of likely N-dealkylation sites (N-methyl/N-ethyl adjacent to an activating group) is 1. The molecule has 2 fully saturated rings. The molecule has 0 spiro atoms. The van der Waals surface area contributed by atoms with Crippen molar-refractivity contribution in [3.8, 4) is 0 Å². The Kier molecular flexibility index (Phi) is 2.63. The number of nitrogens with zero attached hydrogens (tertiary/aromatic N) is 1. The summed E-state index contributed by atoms with van der Waals surface area (Å²) in [5.41, 5.74) is 0. The molecule has 2 heterocycles. The Bertz CT molecular complexity index is 141. The minimum absolute atomic E-state index is 0.700. The van der Waals surface area contributed by atoms with Crippen LogP contribution in [-0.4, -0.2) is 50.8 Å². The minimum Gasteiger partial charge on any atom is -0.378 e. The van der Waals surface area contributed by atoms with Gasteiger partial charge >= 0.3 is 0 Å². The van der Waals surface area contributed by atoms with Gasteiger partial charge in [0.05, 0.1) is 19.3 Å². The van der Waals surface area contributed by atoms with E-state index in [9.17, 15) is 0 Å². The van der Waals surface area contributed by atoms with Crippen LogP contribution in [0.5, 0.6) is 0 Å². The molecule has 0 aromatic carbocycles. The highest BCUT2D eigenvalue weighted by atomic mass is 16.5. The van der Waals surface area contributed by atoms with Crippen LogP contribution in [0.15, 0.2) is 0 Å². The van der Waals surface area contributed by atoms with Gasteiger partial charge in [0.15, 0.2) is 0 Å². The van der Waals surface area contributed by atoms with E-state index in [1.165, 1.54) is 26.1 Å². The van der Waals surface area contributed by atoms with Crippen molar-refractivity contribution in [3.63, 3.8) is 0 Å². The van der Waals surface area contributed by atoms with Crippen LogP contribution in [0.3, 0.4) is 0 Å². The first-order valence-corrected chi connectivity index (χ1v) is 4.85. The van der Waals surface area contributed by atoms with Crippen molar-refractivity contribution in [2.45, 2.75) is 12.5 Å². The monoisotopic (exact) mass is 170 g/mol. The maximum atomic E-state index is 5.16. The summed E-state index contributed by atoms with van der Waals surface area (Å²) >= 11 is 0. The van der Waals surface area contributed by atoms with Crippen LogP contribution in [0.4, 0.5) is 0 Å². The maximum absolute atomic E-state index is 5.16. The molecule has 0 saturated carbocycles. The molecule has 2 rings (SSSR count). The van der Waals surface area contributed by atoms with Crippen LogP contribution >= 0.6 is 0 Å². The third kappa shape index (κ3) is 1.79. The Labute approximate surface area is 74.1 Å². The van der Waals surface area contributed by atoms with E-state index in [0.717, 1.165) is 19.1 Å². The van der Waals surface area contributed by atoms with Gasteiger partial charge in [0.2, 0.25) is 0 Å². The van der Waals surface area contributed by atoms with Crippen molar-refractivity contribution in [3.05, 3.63) is 0 Å². The SMILES string of the molecule is CN(CC1CCNC1)C1COC1. The van der Waals surface area contributed by atoms with Crippen LogP contribution in [0.2, 0.25) is 0 Å². The molecule has 0 amide bonds. The average molecular weight is 170 g/mol. The fourth-order valence-corrected chi connectivity index (χ4v) is 1.90. The Morgan fingerprint density at radius 1 is 1.50 bits per heavy atom. The topological polar surface area (TPSA) is 24.5 Å². The van der Waals surface area contributed by atoms with E-state index in [4.69, 9.17) is 4.74 Å². The second-order valence-corrected chi connectivity index (χ2v) is 3.99.